The third-order valence-electron chi connectivity index (χ3n) is 3.40. The summed E-state index contributed by atoms with van der Waals surface area (Å²) in [6, 6.07) is 2.35. The summed E-state index contributed by atoms with van der Waals surface area (Å²) in [5, 5.41) is 8.78. The molecule has 0 saturated carbocycles. The van der Waals surface area contributed by atoms with Crippen LogP contribution in [0.2, 0.25) is 0 Å². The SMILES string of the molecule is CN1CCN(C(=O)Cn2ccc(C(=O)O)cc2=O)CC1. The molecule has 0 radical (unpaired) electrons. The molecule has 0 aliphatic carbocycles. The van der Waals surface area contributed by atoms with Crippen LogP contribution in [0.4, 0.5) is 0 Å². The zero-order chi connectivity index (χ0) is 14.7. The van der Waals surface area contributed by atoms with E-state index in [1.807, 2.05) is 7.05 Å². The van der Waals surface area contributed by atoms with E-state index in [1.165, 1.54) is 16.8 Å². The Morgan fingerprint density at radius 2 is 1.90 bits per heavy atom. The van der Waals surface area contributed by atoms with Crippen LogP contribution in [0.15, 0.2) is 23.1 Å². The highest BCUT2D eigenvalue weighted by atomic mass is 16.4. The second-order valence-electron chi connectivity index (χ2n) is 4.87. The molecule has 7 heteroatoms. The number of carboxylic acids is 1. The fourth-order valence-corrected chi connectivity index (χ4v) is 2.07. The Morgan fingerprint density at radius 1 is 1.25 bits per heavy atom. The predicted octanol–water partition coefficient (Wildman–Crippen LogP) is -0.679. The number of hydrogen-bond acceptors (Lipinski definition) is 4. The second-order valence-corrected chi connectivity index (χ2v) is 4.87. The second kappa shape index (κ2) is 5.87. The van der Waals surface area contributed by atoms with Gasteiger partial charge in [-0.1, -0.05) is 0 Å². The average molecular weight is 279 g/mol. The summed E-state index contributed by atoms with van der Waals surface area (Å²) >= 11 is 0. The minimum absolute atomic E-state index is 0.0531. The number of aromatic nitrogens is 1. The van der Waals surface area contributed by atoms with Crippen molar-refractivity contribution < 1.29 is 14.7 Å². The standard InChI is InChI=1S/C13H17N3O4/c1-14-4-6-15(7-5-14)12(18)9-16-3-2-10(13(19)20)8-11(16)17/h2-3,8H,4-7,9H2,1H3,(H,19,20). The minimum atomic E-state index is -1.15. The van der Waals surface area contributed by atoms with Crippen molar-refractivity contribution in [2.45, 2.75) is 6.54 Å². The van der Waals surface area contributed by atoms with Crippen LogP contribution in [0.5, 0.6) is 0 Å². The van der Waals surface area contributed by atoms with Crippen LogP contribution in [0.3, 0.4) is 0 Å². The van der Waals surface area contributed by atoms with Gasteiger partial charge in [0.2, 0.25) is 5.91 Å². The molecule has 1 fully saturated rings. The number of carbonyl (C=O) groups is 2. The highest BCUT2D eigenvalue weighted by Gasteiger charge is 2.19. The molecule has 0 unspecified atom stereocenters. The van der Waals surface area contributed by atoms with Crippen molar-refractivity contribution in [1.29, 1.82) is 0 Å². The molecule has 20 heavy (non-hydrogen) atoms. The first-order chi connectivity index (χ1) is 9.47. The van der Waals surface area contributed by atoms with Crippen LogP contribution >= 0.6 is 0 Å². The molecule has 1 aromatic rings. The van der Waals surface area contributed by atoms with Crippen molar-refractivity contribution >= 4 is 11.9 Å². The maximum absolute atomic E-state index is 12.1. The Kier molecular flexibility index (Phi) is 4.19. The van der Waals surface area contributed by atoms with Gasteiger partial charge in [-0.05, 0) is 13.1 Å². The number of hydrogen-bond donors (Lipinski definition) is 1. The van der Waals surface area contributed by atoms with Crippen molar-refractivity contribution in [2.75, 3.05) is 33.2 Å². The lowest BCUT2D eigenvalue weighted by Gasteiger charge is -2.32. The zero-order valence-corrected chi connectivity index (χ0v) is 11.3. The van der Waals surface area contributed by atoms with Gasteiger partial charge < -0.3 is 19.5 Å². The van der Waals surface area contributed by atoms with Gasteiger partial charge in [0, 0.05) is 38.4 Å². The first kappa shape index (κ1) is 14.3. The van der Waals surface area contributed by atoms with Gasteiger partial charge >= 0.3 is 5.97 Å². The largest absolute Gasteiger partial charge is 0.478 e. The lowest BCUT2D eigenvalue weighted by Crippen LogP contribution is -2.48. The average Bonchev–Trinajstić information content (AvgIpc) is 2.41. The molecule has 2 rings (SSSR count). The number of piperazine rings is 1. The molecule has 0 bridgehead atoms. The van der Waals surface area contributed by atoms with Crippen molar-refractivity contribution in [3.8, 4) is 0 Å². The number of carbonyl (C=O) groups excluding carboxylic acids is 1. The number of aromatic carboxylic acids is 1. The first-order valence-corrected chi connectivity index (χ1v) is 6.37. The summed E-state index contributed by atoms with van der Waals surface area (Å²) in [7, 11) is 2.00. The fraction of sp³-hybridized carbons (Fsp3) is 0.462. The molecule has 0 atom stereocenters. The number of rotatable bonds is 3. The van der Waals surface area contributed by atoms with E-state index >= 15 is 0 Å². The fourth-order valence-electron chi connectivity index (χ4n) is 2.07. The molecule has 1 aromatic heterocycles. The van der Waals surface area contributed by atoms with Crippen molar-refractivity contribution in [3.05, 3.63) is 34.2 Å². The number of carboxylic acid groups (broad SMARTS) is 1. The van der Waals surface area contributed by atoms with Gasteiger partial charge in [0.25, 0.3) is 5.56 Å². The summed E-state index contributed by atoms with van der Waals surface area (Å²) in [5.41, 5.74) is -0.550. The van der Waals surface area contributed by atoms with E-state index < -0.39 is 11.5 Å². The molecule has 2 heterocycles. The van der Waals surface area contributed by atoms with Crippen LogP contribution in [0.1, 0.15) is 10.4 Å². The third kappa shape index (κ3) is 3.24. The van der Waals surface area contributed by atoms with Crippen molar-refractivity contribution in [3.63, 3.8) is 0 Å². The lowest BCUT2D eigenvalue weighted by atomic mass is 10.2. The van der Waals surface area contributed by atoms with Gasteiger partial charge in [0.05, 0.1) is 5.56 Å². The smallest absolute Gasteiger partial charge is 0.335 e. The third-order valence-corrected chi connectivity index (χ3v) is 3.40. The van der Waals surface area contributed by atoms with Gasteiger partial charge in [-0.15, -0.1) is 0 Å². The molecule has 0 aromatic carbocycles. The molecule has 1 amide bonds. The van der Waals surface area contributed by atoms with Crippen LogP contribution in [-0.4, -0.2) is 64.6 Å². The topological polar surface area (TPSA) is 82.8 Å². The highest BCUT2D eigenvalue weighted by molar-refractivity contribution is 5.87. The molecular formula is C13H17N3O4. The molecule has 1 aliphatic heterocycles. The molecular weight excluding hydrogens is 262 g/mol. The Labute approximate surface area is 116 Å². The Bertz CT molecular complexity index is 573. The Balaban J connectivity index is 2.05. The van der Waals surface area contributed by atoms with Gasteiger partial charge in [-0.25, -0.2) is 4.79 Å². The number of pyridine rings is 1. The maximum Gasteiger partial charge on any atom is 0.335 e. The van der Waals surface area contributed by atoms with Crippen LogP contribution in [0, 0.1) is 0 Å². The van der Waals surface area contributed by atoms with Crippen LogP contribution in [-0.2, 0) is 11.3 Å². The quantitative estimate of drug-likeness (QED) is 0.792. The van der Waals surface area contributed by atoms with E-state index in [2.05, 4.69) is 4.90 Å². The molecule has 1 aliphatic rings. The molecule has 108 valence electrons. The normalized spacial score (nSPS) is 16.1. The molecule has 1 N–H and O–H groups in total. The summed E-state index contributed by atoms with van der Waals surface area (Å²) in [5.74, 6) is -1.28. The number of nitrogens with zero attached hydrogens (tertiary/aromatic N) is 3. The summed E-state index contributed by atoms with van der Waals surface area (Å²) in [4.78, 5) is 38.4. The Hall–Kier alpha value is -2.15. The summed E-state index contributed by atoms with van der Waals surface area (Å²) in [6.07, 6.45) is 1.35. The van der Waals surface area contributed by atoms with Gasteiger partial charge in [-0.2, -0.15) is 0 Å². The van der Waals surface area contributed by atoms with Gasteiger partial charge in [0.15, 0.2) is 0 Å². The van der Waals surface area contributed by atoms with Crippen molar-refractivity contribution in [2.24, 2.45) is 0 Å². The Morgan fingerprint density at radius 3 is 2.45 bits per heavy atom. The zero-order valence-electron chi connectivity index (χ0n) is 11.3. The molecule has 1 saturated heterocycles. The number of amides is 1. The predicted molar refractivity (Wildman–Crippen MR) is 71.7 cm³/mol. The van der Waals surface area contributed by atoms with Crippen LogP contribution in [0.25, 0.3) is 0 Å². The van der Waals surface area contributed by atoms with Crippen LogP contribution < -0.4 is 5.56 Å². The summed E-state index contributed by atoms with van der Waals surface area (Å²) < 4.78 is 1.23. The molecule has 0 spiro atoms. The van der Waals surface area contributed by atoms with E-state index in [0.29, 0.717) is 13.1 Å². The van der Waals surface area contributed by atoms with E-state index in [4.69, 9.17) is 5.11 Å². The highest BCUT2D eigenvalue weighted by Crippen LogP contribution is 2.01. The minimum Gasteiger partial charge on any atom is -0.478 e. The van der Waals surface area contributed by atoms with E-state index in [9.17, 15) is 14.4 Å². The number of likely N-dealkylation sites (N-methyl/N-ethyl adjacent to an activating group) is 1. The van der Waals surface area contributed by atoms with Crippen molar-refractivity contribution in [1.82, 2.24) is 14.4 Å². The summed E-state index contributed by atoms with van der Waals surface area (Å²) in [6.45, 7) is 2.88. The maximum atomic E-state index is 12.1. The van der Waals surface area contributed by atoms with E-state index in [0.717, 1.165) is 19.2 Å². The lowest BCUT2D eigenvalue weighted by molar-refractivity contribution is -0.133. The van der Waals surface area contributed by atoms with Gasteiger partial charge in [0.1, 0.15) is 6.54 Å². The van der Waals surface area contributed by atoms with E-state index in [-0.39, 0.29) is 18.0 Å². The first-order valence-electron chi connectivity index (χ1n) is 6.37. The van der Waals surface area contributed by atoms with Gasteiger partial charge in [-0.3, -0.25) is 9.59 Å². The monoisotopic (exact) mass is 279 g/mol. The van der Waals surface area contributed by atoms with E-state index in [1.54, 1.807) is 4.90 Å². The molecule has 7 nitrogen and oxygen atoms in total.